The Morgan fingerprint density at radius 2 is 2.00 bits per heavy atom. The summed E-state index contributed by atoms with van der Waals surface area (Å²) in [6.07, 6.45) is 2.53. The van der Waals surface area contributed by atoms with Crippen LogP contribution in [0.1, 0.15) is 31.9 Å². The van der Waals surface area contributed by atoms with Gasteiger partial charge in [0.2, 0.25) is 5.88 Å². The van der Waals surface area contributed by atoms with Gasteiger partial charge in [-0.1, -0.05) is 30.3 Å². The maximum atomic E-state index is 12.3. The predicted molar refractivity (Wildman–Crippen MR) is 120 cm³/mol. The molecule has 162 valence electrons. The highest BCUT2D eigenvalue weighted by Gasteiger charge is 2.25. The van der Waals surface area contributed by atoms with Gasteiger partial charge in [-0.25, -0.2) is 9.78 Å². The Morgan fingerprint density at radius 3 is 2.77 bits per heavy atom. The topological polar surface area (TPSA) is 69.7 Å². The van der Waals surface area contributed by atoms with Crippen molar-refractivity contribution in [2.24, 2.45) is 0 Å². The number of nitrogens with one attached hydrogen (secondary N) is 2. The first kappa shape index (κ1) is 22.1. The van der Waals surface area contributed by atoms with E-state index in [2.05, 4.69) is 62.8 Å². The van der Waals surface area contributed by atoms with Gasteiger partial charge in [0, 0.05) is 45.0 Å². The first-order chi connectivity index (χ1) is 14.5. The normalized spacial score (nSPS) is 17.7. The van der Waals surface area contributed by atoms with Crippen LogP contribution in [0.3, 0.4) is 0 Å². The largest absolute Gasteiger partial charge is 0.473 e. The number of anilines is 1. The Kier molecular flexibility index (Phi) is 8.04. The Morgan fingerprint density at radius 1 is 1.20 bits per heavy atom. The van der Waals surface area contributed by atoms with E-state index in [-0.39, 0.29) is 12.1 Å². The van der Waals surface area contributed by atoms with Crippen molar-refractivity contribution in [2.45, 2.75) is 32.4 Å². The molecule has 1 unspecified atom stereocenters. The molecule has 0 aliphatic carbocycles. The molecule has 1 atom stereocenters. The number of pyridine rings is 1. The van der Waals surface area contributed by atoms with Crippen LogP contribution < -0.4 is 15.4 Å². The van der Waals surface area contributed by atoms with E-state index in [4.69, 9.17) is 4.74 Å². The molecule has 0 spiro atoms. The third-order valence-corrected chi connectivity index (χ3v) is 5.15. The van der Waals surface area contributed by atoms with Crippen molar-refractivity contribution in [3.63, 3.8) is 0 Å². The molecular formula is C23H33N5O2. The highest BCUT2D eigenvalue weighted by Crippen LogP contribution is 2.25. The van der Waals surface area contributed by atoms with Gasteiger partial charge in [-0.05, 0) is 45.0 Å². The second-order valence-corrected chi connectivity index (χ2v) is 7.98. The summed E-state index contributed by atoms with van der Waals surface area (Å²) in [6.45, 7) is 8.55. The number of aromatic nitrogens is 1. The van der Waals surface area contributed by atoms with E-state index in [0.717, 1.165) is 32.6 Å². The number of rotatable bonds is 8. The van der Waals surface area contributed by atoms with Crippen LogP contribution in [0.4, 0.5) is 10.5 Å². The van der Waals surface area contributed by atoms with Crippen molar-refractivity contribution < 1.29 is 9.53 Å². The molecule has 0 bridgehead atoms. The number of nitrogens with zero attached hydrogens (tertiary/aromatic N) is 3. The van der Waals surface area contributed by atoms with Gasteiger partial charge < -0.3 is 20.3 Å². The molecule has 0 saturated carbocycles. The Hall–Kier alpha value is -2.64. The van der Waals surface area contributed by atoms with E-state index in [1.165, 1.54) is 5.56 Å². The van der Waals surface area contributed by atoms with Gasteiger partial charge in [-0.2, -0.15) is 0 Å². The lowest BCUT2D eigenvalue weighted by molar-refractivity contribution is 0.0890. The molecular weight excluding hydrogens is 378 g/mol. The fourth-order valence-corrected chi connectivity index (χ4v) is 3.67. The van der Waals surface area contributed by atoms with Gasteiger partial charge in [-0.15, -0.1) is 0 Å². The lowest BCUT2D eigenvalue weighted by atomic mass is 10.0. The maximum absolute atomic E-state index is 12.3. The number of hydrogen-bond acceptors (Lipinski definition) is 5. The molecule has 3 rings (SSSR count). The first-order valence-electron chi connectivity index (χ1n) is 10.7. The van der Waals surface area contributed by atoms with Crippen LogP contribution in [0.2, 0.25) is 0 Å². The smallest absolute Gasteiger partial charge is 0.319 e. The summed E-state index contributed by atoms with van der Waals surface area (Å²) in [5, 5.41) is 5.78. The van der Waals surface area contributed by atoms with E-state index in [1.54, 1.807) is 18.3 Å². The predicted octanol–water partition coefficient (Wildman–Crippen LogP) is 3.37. The molecule has 1 aliphatic rings. The Labute approximate surface area is 179 Å². The maximum Gasteiger partial charge on any atom is 0.319 e. The Balaban J connectivity index is 1.47. The van der Waals surface area contributed by atoms with Gasteiger partial charge in [0.25, 0.3) is 0 Å². The fourth-order valence-electron chi connectivity index (χ4n) is 3.67. The quantitative estimate of drug-likeness (QED) is 0.652. The van der Waals surface area contributed by atoms with Gasteiger partial charge in [0.05, 0.1) is 6.10 Å². The number of ether oxygens (including phenoxy) is 1. The summed E-state index contributed by atoms with van der Waals surface area (Å²) in [7, 11) is 2.18. The Bertz CT molecular complexity index is 799. The minimum Gasteiger partial charge on any atom is -0.473 e. The summed E-state index contributed by atoms with van der Waals surface area (Å²) >= 11 is 0. The molecule has 1 aliphatic heterocycles. The van der Waals surface area contributed by atoms with Gasteiger partial charge >= 0.3 is 6.03 Å². The van der Waals surface area contributed by atoms with E-state index in [1.807, 2.05) is 13.8 Å². The van der Waals surface area contributed by atoms with Gasteiger partial charge in [0.15, 0.2) is 0 Å². The summed E-state index contributed by atoms with van der Waals surface area (Å²) in [6, 6.07) is 14.4. The number of hydrogen-bond donors (Lipinski definition) is 2. The second-order valence-electron chi connectivity index (χ2n) is 7.98. The fraction of sp³-hybridized carbons (Fsp3) is 0.478. The summed E-state index contributed by atoms with van der Waals surface area (Å²) < 4.78 is 5.65. The molecule has 0 radical (unpaired) electrons. The molecule has 1 aromatic carbocycles. The van der Waals surface area contributed by atoms with Crippen LogP contribution in [-0.4, -0.2) is 66.7 Å². The summed E-state index contributed by atoms with van der Waals surface area (Å²) in [5.41, 5.74) is 1.93. The molecule has 1 saturated heterocycles. The molecule has 1 fully saturated rings. The van der Waals surface area contributed by atoms with E-state index < -0.39 is 0 Å². The summed E-state index contributed by atoms with van der Waals surface area (Å²) in [5.74, 6) is 0.436. The average molecular weight is 412 g/mol. The van der Waals surface area contributed by atoms with Crippen molar-refractivity contribution in [1.82, 2.24) is 20.1 Å². The molecule has 2 aromatic rings. The van der Waals surface area contributed by atoms with Crippen LogP contribution in [0.15, 0.2) is 48.7 Å². The van der Waals surface area contributed by atoms with Crippen LogP contribution in [0.25, 0.3) is 0 Å². The number of likely N-dealkylation sites (N-methyl/N-ethyl adjacent to an activating group) is 1. The number of amides is 2. The molecule has 7 heteroatoms. The van der Waals surface area contributed by atoms with Crippen molar-refractivity contribution in [3.8, 4) is 5.88 Å². The zero-order valence-electron chi connectivity index (χ0n) is 18.2. The molecule has 2 heterocycles. The van der Waals surface area contributed by atoms with E-state index in [0.29, 0.717) is 24.2 Å². The first-order valence-corrected chi connectivity index (χ1v) is 10.7. The van der Waals surface area contributed by atoms with Crippen molar-refractivity contribution in [1.29, 1.82) is 0 Å². The van der Waals surface area contributed by atoms with Crippen LogP contribution in [0.5, 0.6) is 5.88 Å². The van der Waals surface area contributed by atoms with E-state index in [9.17, 15) is 4.79 Å². The lowest BCUT2D eigenvalue weighted by Gasteiger charge is -2.40. The van der Waals surface area contributed by atoms with Crippen molar-refractivity contribution in [2.75, 3.05) is 45.1 Å². The molecule has 30 heavy (non-hydrogen) atoms. The monoisotopic (exact) mass is 411 g/mol. The molecule has 7 nitrogen and oxygen atoms in total. The minimum atomic E-state index is -0.241. The number of carbonyl (C=O) groups excluding carboxylic acids is 1. The zero-order valence-corrected chi connectivity index (χ0v) is 18.2. The SMILES string of the molecule is CC(C)Oc1ncccc1NC(=O)NCCCN1CCN(C)CC1c1ccccc1. The second kappa shape index (κ2) is 10.9. The molecule has 2 amide bonds. The third-order valence-electron chi connectivity index (χ3n) is 5.15. The highest BCUT2D eigenvalue weighted by molar-refractivity contribution is 5.90. The zero-order chi connectivity index (χ0) is 21.3. The van der Waals surface area contributed by atoms with Crippen LogP contribution >= 0.6 is 0 Å². The molecule has 1 aromatic heterocycles. The molecule has 2 N–H and O–H groups in total. The van der Waals surface area contributed by atoms with Crippen molar-refractivity contribution >= 4 is 11.7 Å². The standard InChI is InChI=1S/C23H33N5O2/c1-18(2)30-22-20(11-7-12-24-22)26-23(29)25-13-8-14-28-16-15-27(3)17-21(28)19-9-5-4-6-10-19/h4-7,9-12,18,21H,8,13-17H2,1-3H3,(H2,25,26,29). The van der Waals surface area contributed by atoms with Gasteiger partial charge in [-0.3, -0.25) is 4.90 Å². The van der Waals surface area contributed by atoms with Crippen LogP contribution in [0, 0.1) is 0 Å². The van der Waals surface area contributed by atoms with Crippen LogP contribution in [-0.2, 0) is 0 Å². The minimum absolute atomic E-state index is 0.00957. The number of piperazine rings is 1. The number of benzene rings is 1. The van der Waals surface area contributed by atoms with Gasteiger partial charge in [0.1, 0.15) is 5.69 Å². The average Bonchev–Trinajstić information content (AvgIpc) is 2.74. The third kappa shape index (κ3) is 6.43. The number of urea groups is 1. The lowest BCUT2D eigenvalue weighted by Crippen LogP contribution is -2.47. The summed E-state index contributed by atoms with van der Waals surface area (Å²) in [4.78, 5) is 21.4. The van der Waals surface area contributed by atoms with Crippen molar-refractivity contribution in [3.05, 3.63) is 54.2 Å². The van der Waals surface area contributed by atoms with E-state index >= 15 is 0 Å². The highest BCUT2D eigenvalue weighted by atomic mass is 16.5. The number of carbonyl (C=O) groups is 1.